The highest BCUT2D eigenvalue weighted by Gasteiger charge is 2.20. The molecule has 6 heteroatoms. The number of rotatable bonds is 5. The van der Waals surface area contributed by atoms with Gasteiger partial charge in [-0.2, -0.15) is 0 Å². The van der Waals surface area contributed by atoms with Crippen molar-refractivity contribution in [2.75, 3.05) is 19.0 Å². The molecule has 0 bridgehead atoms. The van der Waals surface area contributed by atoms with Gasteiger partial charge in [-0.25, -0.2) is 4.79 Å². The first kappa shape index (κ1) is 17.7. The second-order valence-corrected chi connectivity index (χ2v) is 6.30. The average Bonchev–Trinajstić information content (AvgIpc) is 3.12. The maximum absolute atomic E-state index is 12.4. The van der Waals surface area contributed by atoms with Crippen LogP contribution in [0, 0.1) is 6.92 Å². The summed E-state index contributed by atoms with van der Waals surface area (Å²) in [5, 5.41) is 8.05. The molecule has 0 fully saturated rings. The Kier molecular flexibility index (Phi) is 5.02. The van der Waals surface area contributed by atoms with E-state index in [4.69, 9.17) is 9.15 Å². The third-order valence-corrected chi connectivity index (χ3v) is 3.97. The van der Waals surface area contributed by atoms with E-state index in [1.54, 1.807) is 19.1 Å². The molecule has 6 nitrogen and oxygen atoms in total. The number of carbonyl (C=O) groups excluding carboxylic acids is 1. The smallest absolute Gasteiger partial charge is 0.338 e. The molecule has 134 valence electrons. The predicted octanol–water partition coefficient (Wildman–Crippen LogP) is 4.03. The minimum atomic E-state index is -0.641. The van der Waals surface area contributed by atoms with Gasteiger partial charge in [-0.3, -0.25) is 0 Å². The molecule has 2 aromatic carbocycles. The van der Waals surface area contributed by atoms with E-state index in [1.165, 1.54) is 0 Å². The van der Waals surface area contributed by atoms with Gasteiger partial charge in [-0.05, 0) is 44.2 Å². The number of hydrogen-bond donors (Lipinski definition) is 0. The third kappa shape index (κ3) is 3.91. The lowest BCUT2D eigenvalue weighted by molar-refractivity contribution is 0.0280. The number of ether oxygens (including phenoxy) is 1. The van der Waals surface area contributed by atoms with Crippen LogP contribution in [0.4, 0.5) is 5.69 Å². The van der Waals surface area contributed by atoms with Crippen LogP contribution in [0.3, 0.4) is 0 Å². The molecule has 0 saturated heterocycles. The summed E-state index contributed by atoms with van der Waals surface area (Å²) in [5.74, 6) is 0.228. The van der Waals surface area contributed by atoms with Crippen LogP contribution in [0.5, 0.6) is 0 Å². The number of aryl methyl sites for hydroxylation is 1. The Bertz CT molecular complexity index is 901. The van der Waals surface area contributed by atoms with Crippen LogP contribution in [0.25, 0.3) is 11.5 Å². The highest BCUT2D eigenvalue weighted by atomic mass is 16.6. The van der Waals surface area contributed by atoms with Crippen LogP contribution in [-0.4, -0.2) is 30.3 Å². The van der Waals surface area contributed by atoms with E-state index in [9.17, 15) is 4.79 Å². The van der Waals surface area contributed by atoms with Crippen molar-refractivity contribution in [2.24, 2.45) is 0 Å². The summed E-state index contributed by atoms with van der Waals surface area (Å²) in [7, 11) is 3.83. The highest BCUT2D eigenvalue weighted by Crippen LogP contribution is 2.24. The first-order valence-corrected chi connectivity index (χ1v) is 8.33. The molecular formula is C20H21N3O3. The Morgan fingerprint density at radius 3 is 2.54 bits per heavy atom. The van der Waals surface area contributed by atoms with Crippen LogP contribution in [0.15, 0.2) is 52.9 Å². The maximum atomic E-state index is 12.4. The molecule has 1 aromatic heterocycles. The minimum absolute atomic E-state index is 0.262. The zero-order chi connectivity index (χ0) is 18.7. The number of esters is 1. The first-order chi connectivity index (χ1) is 12.4. The van der Waals surface area contributed by atoms with E-state index in [0.29, 0.717) is 11.5 Å². The van der Waals surface area contributed by atoms with Crippen molar-refractivity contribution in [2.45, 2.75) is 20.0 Å². The molecule has 0 aliphatic carbocycles. The quantitative estimate of drug-likeness (QED) is 0.647. The van der Waals surface area contributed by atoms with Gasteiger partial charge in [0.25, 0.3) is 5.89 Å². The number of anilines is 1. The topological polar surface area (TPSA) is 68.5 Å². The second kappa shape index (κ2) is 7.39. The van der Waals surface area contributed by atoms with Crippen molar-refractivity contribution in [1.82, 2.24) is 10.2 Å². The molecule has 0 saturated carbocycles. The number of aromatic nitrogens is 2. The molecule has 1 atom stereocenters. The van der Waals surface area contributed by atoms with E-state index in [1.807, 2.05) is 62.3 Å². The van der Waals surface area contributed by atoms with Gasteiger partial charge in [0.1, 0.15) is 0 Å². The Morgan fingerprint density at radius 2 is 1.85 bits per heavy atom. The van der Waals surface area contributed by atoms with Crippen molar-refractivity contribution in [3.8, 4) is 11.5 Å². The predicted molar refractivity (Wildman–Crippen MR) is 99.1 cm³/mol. The van der Waals surface area contributed by atoms with E-state index < -0.39 is 12.1 Å². The number of hydrogen-bond acceptors (Lipinski definition) is 6. The summed E-state index contributed by atoms with van der Waals surface area (Å²) < 4.78 is 11.1. The molecule has 0 radical (unpaired) electrons. The van der Waals surface area contributed by atoms with Crippen molar-refractivity contribution in [1.29, 1.82) is 0 Å². The van der Waals surface area contributed by atoms with Crippen molar-refractivity contribution < 1.29 is 13.9 Å². The van der Waals surface area contributed by atoms with Gasteiger partial charge < -0.3 is 14.1 Å². The molecule has 0 spiro atoms. The Balaban J connectivity index is 1.72. The lowest BCUT2D eigenvalue weighted by atomic mass is 10.1. The fraction of sp³-hybridized carbons (Fsp3) is 0.250. The summed E-state index contributed by atoms with van der Waals surface area (Å²) in [5.41, 5.74) is 3.37. The maximum Gasteiger partial charge on any atom is 0.338 e. The second-order valence-electron chi connectivity index (χ2n) is 6.30. The molecular weight excluding hydrogens is 330 g/mol. The highest BCUT2D eigenvalue weighted by molar-refractivity contribution is 5.90. The van der Waals surface area contributed by atoms with E-state index in [0.717, 1.165) is 16.8 Å². The minimum Gasteiger partial charge on any atom is -0.449 e. The third-order valence-electron chi connectivity index (χ3n) is 3.97. The zero-order valence-electron chi connectivity index (χ0n) is 15.3. The van der Waals surface area contributed by atoms with Gasteiger partial charge in [0.15, 0.2) is 6.10 Å². The average molecular weight is 351 g/mol. The zero-order valence-corrected chi connectivity index (χ0v) is 15.3. The van der Waals surface area contributed by atoms with Gasteiger partial charge in [0.05, 0.1) is 5.56 Å². The fourth-order valence-corrected chi connectivity index (χ4v) is 2.40. The van der Waals surface area contributed by atoms with Gasteiger partial charge in [-0.15, -0.1) is 10.2 Å². The lowest BCUT2D eigenvalue weighted by Gasteiger charge is -2.14. The van der Waals surface area contributed by atoms with Crippen LogP contribution in [0.2, 0.25) is 0 Å². The fourth-order valence-electron chi connectivity index (χ4n) is 2.40. The number of carbonyl (C=O) groups is 1. The van der Waals surface area contributed by atoms with Crippen molar-refractivity contribution in [3.05, 3.63) is 65.5 Å². The van der Waals surface area contributed by atoms with E-state index in [-0.39, 0.29) is 5.89 Å². The number of nitrogens with zero attached hydrogens (tertiary/aromatic N) is 3. The van der Waals surface area contributed by atoms with E-state index >= 15 is 0 Å². The summed E-state index contributed by atoms with van der Waals surface area (Å²) >= 11 is 0. The summed E-state index contributed by atoms with van der Waals surface area (Å²) in [6.07, 6.45) is -0.641. The summed E-state index contributed by atoms with van der Waals surface area (Å²) in [4.78, 5) is 14.3. The molecule has 1 heterocycles. The lowest BCUT2D eigenvalue weighted by Crippen LogP contribution is -2.12. The molecule has 0 N–H and O–H groups in total. The van der Waals surface area contributed by atoms with Gasteiger partial charge >= 0.3 is 5.97 Å². The SMILES string of the molecule is Cc1ccc(-c2nnc([C@@H](C)OC(=O)c3cccc(N(C)C)c3)o2)cc1. The Hall–Kier alpha value is -3.15. The standard InChI is InChI=1S/C20H21N3O3/c1-13-8-10-15(11-9-13)19-22-21-18(26-19)14(2)25-20(24)16-6-5-7-17(12-16)23(3)4/h5-12,14H,1-4H3/t14-/m1/s1. The largest absolute Gasteiger partial charge is 0.449 e. The normalized spacial score (nSPS) is 11.8. The Labute approximate surface area is 152 Å². The summed E-state index contributed by atoms with van der Waals surface area (Å²) in [6, 6.07) is 15.0. The monoisotopic (exact) mass is 351 g/mol. The van der Waals surface area contributed by atoms with Crippen LogP contribution in [0.1, 0.15) is 34.8 Å². The molecule has 3 aromatic rings. The van der Waals surface area contributed by atoms with Crippen LogP contribution < -0.4 is 4.90 Å². The molecule has 0 aliphatic heterocycles. The first-order valence-electron chi connectivity index (χ1n) is 8.33. The van der Waals surface area contributed by atoms with Crippen LogP contribution >= 0.6 is 0 Å². The van der Waals surface area contributed by atoms with Crippen molar-refractivity contribution >= 4 is 11.7 Å². The van der Waals surface area contributed by atoms with Crippen molar-refractivity contribution in [3.63, 3.8) is 0 Å². The number of benzene rings is 2. The van der Waals surface area contributed by atoms with E-state index in [2.05, 4.69) is 10.2 Å². The molecule has 0 unspecified atom stereocenters. The van der Waals surface area contributed by atoms with Gasteiger partial charge in [0.2, 0.25) is 5.89 Å². The van der Waals surface area contributed by atoms with Gasteiger partial charge in [-0.1, -0.05) is 23.8 Å². The molecule has 3 rings (SSSR count). The molecule has 0 amide bonds. The molecule has 26 heavy (non-hydrogen) atoms. The summed E-state index contributed by atoms with van der Waals surface area (Å²) in [6.45, 7) is 3.72. The Morgan fingerprint density at radius 1 is 1.12 bits per heavy atom. The van der Waals surface area contributed by atoms with Gasteiger partial charge in [0, 0.05) is 25.3 Å². The van der Waals surface area contributed by atoms with Crippen LogP contribution in [-0.2, 0) is 4.74 Å². The molecule has 0 aliphatic rings.